The average Bonchev–Trinajstić information content (AvgIpc) is 3.09. The summed E-state index contributed by atoms with van der Waals surface area (Å²) in [5.41, 5.74) is 1.17. The highest BCUT2D eigenvalue weighted by Gasteiger charge is 2.51. The summed E-state index contributed by atoms with van der Waals surface area (Å²) < 4.78 is 25.5. The van der Waals surface area contributed by atoms with Crippen molar-refractivity contribution in [2.75, 3.05) is 24.2 Å². The lowest BCUT2D eigenvalue weighted by molar-refractivity contribution is -0.133. The van der Waals surface area contributed by atoms with Gasteiger partial charge in [-0.05, 0) is 50.8 Å². The third-order valence-electron chi connectivity index (χ3n) is 5.79. The summed E-state index contributed by atoms with van der Waals surface area (Å²) in [6.07, 6.45) is 5.03. The Morgan fingerprint density at radius 3 is 2.46 bits per heavy atom. The predicted molar refractivity (Wildman–Crippen MR) is 109 cm³/mol. The summed E-state index contributed by atoms with van der Waals surface area (Å²) in [6, 6.07) is 5.82. The Labute approximate surface area is 167 Å². The van der Waals surface area contributed by atoms with Gasteiger partial charge in [0.25, 0.3) is 0 Å². The second kappa shape index (κ2) is 7.48. The summed E-state index contributed by atoms with van der Waals surface area (Å²) >= 11 is 0. The number of carbonyl (C=O) groups is 2. The summed E-state index contributed by atoms with van der Waals surface area (Å²) in [6.45, 7) is 5.15. The molecule has 0 spiro atoms. The number of carbonyl (C=O) groups excluding carboxylic acids is 2. The minimum Gasteiger partial charge on any atom is -0.351 e. The highest BCUT2D eigenvalue weighted by molar-refractivity contribution is 7.88. The van der Waals surface area contributed by atoms with E-state index in [-0.39, 0.29) is 25.0 Å². The molecule has 2 fully saturated rings. The van der Waals surface area contributed by atoms with E-state index in [0.717, 1.165) is 47.4 Å². The van der Waals surface area contributed by atoms with Crippen LogP contribution in [0, 0.1) is 13.8 Å². The Kier molecular flexibility index (Phi) is 5.55. The molecule has 0 unspecified atom stereocenters. The van der Waals surface area contributed by atoms with E-state index in [0.29, 0.717) is 5.69 Å². The first-order valence-electron chi connectivity index (χ1n) is 9.69. The molecule has 8 heteroatoms. The first-order chi connectivity index (χ1) is 13.0. The summed E-state index contributed by atoms with van der Waals surface area (Å²) in [5.74, 6) is -0.698. The molecule has 3 rings (SSSR count). The lowest BCUT2D eigenvalue weighted by Gasteiger charge is -2.47. The number of piperazine rings is 1. The number of sulfonamides is 1. The van der Waals surface area contributed by atoms with Crippen LogP contribution >= 0.6 is 0 Å². The van der Waals surface area contributed by atoms with Gasteiger partial charge in [0.15, 0.2) is 0 Å². The molecular formula is C20H29N3O4S. The van der Waals surface area contributed by atoms with Gasteiger partial charge in [-0.2, -0.15) is 4.31 Å². The second-order valence-electron chi connectivity index (χ2n) is 8.28. The minimum atomic E-state index is -3.61. The Hall–Kier alpha value is -1.93. The largest absolute Gasteiger partial charge is 0.351 e. The number of nitrogens with one attached hydrogen (secondary N) is 1. The molecule has 0 aromatic heterocycles. The van der Waals surface area contributed by atoms with Crippen LogP contribution in [0.5, 0.6) is 0 Å². The van der Waals surface area contributed by atoms with Crippen molar-refractivity contribution in [1.29, 1.82) is 0 Å². The topological polar surface area (TPSA) is 86.8 Å². The van der Waals surface area contributed by atoms with E-state index in [1.165, 1.54) is 4.90 Å². The maximum Gasteiger partial charge on any atom is 0.247 e. The van der Waals surface area contributed by atoms with Crippen LogP contribution in [0.25, 0.3) is 0 Å². The molecule has 0 bridgehead atoms. The molecule has 1 aliphatic heterocycles. The number of amides is 2. The zero-order valence-electron chi connectivity index (χ0n) is 17.0. The molecule has 1 aromatic rings. The molecule has 0 radical (unpaired) electrons. The molecular weight excluding hydrogens is 378 g/mol. The van der Waals surface area contributed by atoms with Gasteiger partial charge in [-0.1, -0.05) is 25.0 Å². The first-order valence-corrected chi connectivity index (χ1v) is 11.5. The standard InChI is InChI=1S/C20H29N3O4S/c1-14-9-10-15(2)17(11-14)23-18(24)12-22(28(4,26)27)13-20(23,3)19(25)21-16-7-5-6-8-16/h9-11,16H,5-8,12-13H2,1-4H3,(H,21,25)/t20-/m1/s1. The summed E-state index contributed by atoms with van der Waals surface area (Å²) in [4.78, 5) is 28.0. The van der Waals surface area contributed by atoms with Gasteiger partial charge < -0.3 is 5.32 Å². The maximum absolute atomic E-state index is 13.3. The van der Waals surface area contributed by atoms with Crippen LogP contribution in [-0.2, 0) is 19.6 Å². The van der Waals surface area contributed by atoms with Gasteiger partial charge in [-0.25, -0.2) is 8.42 Å². The molecule has 7 nitrogen and oxygen atoms in total. The molecule has 2 aliphatic rings. The minimum absolute atomic E-state index is 0.0660. The van der Waals surface area contributed by atoms with Crippen LogP contribution in [-0.4, -0.2) is 55.5 Å². The van der Waals surface area contributed by atoms with Crippen LogP contribution in [0.2, 0.25) is 0 Å². The van der Waals surface area contributed by atoms with Gasteiger partial charge >= 0.3 is 0 Å². The molecule has 2 amide bonds. The fourth-order valence-corrected chi connectivity index (χ4v) is 4.98. The summed E-state index contributed by atoms with van der Waals surface area (Å²) in [7, 11) is -3.61. The Morgan fingerprint density at radius 2 is 1.86 bits per heavy atom. The van der Waals surface area contributed by atoms with Gasteiger partial charge in [0, 0.05) is 18.3 Å². The van der Waals surface area contributed by atoms with Gasteiger partial charge in [0.2, 0.25) is 21.8 Å². The first kappa shape index (κ1) is 20.8. The van der Waals surface area contributed by atoms with Crippen LogP contribution in [0.3, 0.4) is 0 Å². The van der Waals surface area contributed by atoms with Crippen LogP contribution in [0.15, 0.2) is 18.2 Å². The van der Waals surface area contributed by atoms with E-state index in [4.69, 9.17) is 0 Å². The van der Waals surface area contributed by atoms with E-state index in [1.54, 1.807) is 6.92 Å². The van der Waals surface area contributed by atoms with Crippen molar-refractivity contribution in [3.8, 4) is 0 Å². The molecule has 1 heterocycles. The van der Waals surface area contributed by atoms with E-state index in [2.05, 4.69) is 5.32 Å². The predicted octanol–water partition coefficient (Wildman–Crippen LogP) is 1.73. The fourth-order valence-electron chi connectivity index (χ4n) is 4.15. The van der Waals surface area contributed by atoms with Crippen molar-refractivity contribution in [3.63, 3.8) is 0 Å². The molecule has 1 atom stereocenters. The molecule has 1 N–H and O–H groups in total. The number of anilines is 1. The molecule has 154 valence electrons. The normalized spacial score (nSPS) is 24.6. The molecule has 28 heavy (non-hydrogen) atoms. The van der Waals surface area contributed by atoms with Crippen LogP contribution < -0.4 is 10.2 Å². The van der Waals surface area contributed by atoms with Crippen molar-refractivity contribution >= 4 is 27.5 Å². The average molecular weight is 408 g/mol. The highest BCUT2D eigenvalue weighted by atomic mass is 32.2. The zero-order valence-corrected chi connectivity index (χ0v) is 17.8. The van der Waals surface area contributed by atoms with Gasteiger partial charge in [0.1, 0.15) is 5.54 Å². The number of benzene rings is 1. The third-order valence-corrected chi connectivity index (χ3v) is 6.99. The fraction of sp³-hybridized carbons (Fsp3) is 0.600. The number of aryl methyl sites for hydroxylation is 2. The lowest BCUT2D eigenvalue weighted by atomic mass is 9.92. The number of hydrogen-bond donors (Lipinski definition) is 1. The quantitative estimate of drug-likeness (QED) is 0.824. The Morgan fingerprint density at radius 1 is 1.21 bits per heavy atom. The van der Waals surface area contributed by atoms with E-state index >= 15 is 0 Å². The van der Waals surface area contributed by atoms with Gasteiger partial charge in [-0.3, -0.25) is 14.5 Å². The lowest BCUT2D eigenvalue weighted by Crippen LogP contribution is -2.70. The molecule has 1 aromatic carbocycles. The van der Waals surface area contributed by atoms with Crippen LogP contribution in [0.4, 0.5) is 5.69 Å². The Bertz CT molecular complexity index is 893. The number of hydrogen-bond acceptors (Lipinski definition) is 4. The number of nitrogens with zero attached hydrogens (tertiary/aromatic N) is 2. The highest BCUT2D eigenvalue weighted by Crippen LogP contribution is 2.34. The van der Waals surface area contributed by atoms with E-state index < -0.39 is 21.5 Å². The van der Waals surface area contributed by atoms with Crippen molar-refractivity contribution in [3.05, 3.63) is 29.3 Å². The third kappa shape index (κ3) is 3.93. The van der Waals surface area contributed by atoms with Gasteiger partial charge in [0.05, 0.1) is 12.8 Å². The summed E-state index contributed by atoms with van der Waals surface area (Å²) in [5, 5.41) is 3.06. The van der Waals surface area contributed by atoms with Crippen molar-refractivity contribution in [2.45, 2.75) is 58.0 Å². The SMILES string of the molecule is Cc1ccc(C)c(N2C(=O)CN(S(C)(=O)=O)C[C@]2(C)C(=O)NC2CCCC2)c1. The van der Waals surface area contributed by atoms with E-state index in [1.807, 2.05) is 32.0 Å². The van der Waals surface area contributed by atoms with Gasteiger partial charge in [-0.15, -0.1) is 0 Å². The maximum atomic E-state index is 13.3. The molecule has 1 aliphatic carbocycles. The second-order valence-corrected chi connectivity index (χ2v) is 10.3. The Balaban J connectivity index is 2.05. The van der Waals surface area contributed by atoms with Crippen molar-refractivity contribution in [2.24, 2.45) is 0 Å². The van der Waals surface area contributed by atoms with Crippen molar-refractivity contribution < 1.29 is 18.0 Å². The smallest absolute Gasteiger partial charge is 0.247 e. The molecule has 1 saturated carbocycles. The monoisotopic (exact) mass is 407 g/mol. The van der Waals surface area contributed by atoms with E-state index in [9.17, 15) is 18.0 Å². The zero-order chi connectivity index (χ0) is 20.7. The van der Waals surface area contributed by atoms with Crippen molar-refractivity contribution in [1.82, 2.24) is 9.62 Å². The number of rotatable bonds is 4. The van der Waals surface area contributed by atoms with Crippen LogP contribution in [0.1, 0.15) is 43.7 Å². The molecule has 1 saturated heterocycles.